The standard InChI is InChI=1S/C16H26ClN3/c1-4-18-10-13-9-15(17)16(19-11-13)20-7-5-14(6-8-20)12(2)3/h9,11-12,14,18H,4-8,10H2,1-3H3. The van der Waals surface area contributed by atoms with Gasteiger partial charge in [-0.2, -0.15) is 0 Å². The zero-order valence-electron chi connectivity index (χ0n) is 12.8. The molecule has 3 nitrogen and oxygen atoms in total. The number of piperidine rings is 1. The minimum atomic E-state index is 0.781. The summed E-state index contributed by atoms with van der Waals surface area (Å²) < 4.78 is 0. The number of hydrogen-bond donors (Lipinski definition) is 1. The largest absolute Gasteiger partial charge is 0.355 e. The highest BCUT2D eigenvalue weighted by Gasteiger charge is 2.23. The molecule has 0 bridgehead atoms. The molecule has 0 atom stereocenters. The lowest BCUT2D eigenvalue weighted by molar-refractivity contribution is 0.310. The van der Waals surface area contributed by atoms with E-state index in [0.717, 1.165) is 54.4 Å². The molecule has 0 spiro atoms. The second-order valence-electron chi connectivity index (χ2n) is 6.00. The Kier molecular flexibility index (Phi) is 5.67. The van der Waals surface area contributed by atoms with E-state index in [0.29, 0.717) is 0 Å². The Labute approximate surface area is 127 Å². The topological polar surface area (TPSA) is 28.2 Å². The summed E-state index contributed by atoms with van der Waals surface area (Å²) >= 11 is 6.41. The number of halogens is 1. The van der Waals surface area contributed by atoms with Crippen LogP contribution in [0.1, 0.15) is 39.2 Å². The molecule has 1 N–H and O–H groups in total. The molecule has 0 aromatic carbocycles. The third-order valence-corrected chi connectivity index (χ3v) is 4.52. The second kappa shape index (κ2) is 7.28. The molecule has 2 rings (SSSR count). The van der Waals surface area contributed by atoms with Crippen LogP contribution in [0.2, 0.25) is 5.02 Å². The van der Waals surface area contributed by atoms with Crippen LogP contribution in [-0.4, -0.2) is 24.6 Å². The first-order valence-corrected chi connectivity index (χ1v) is 8.09. The molecule has 1 aromatic rings. The van der Waals surface area contributed by atoms with Gasteiger partial charge in [-0.25, -0.2) is 4.98 Å². The summed E-state index contributed by atoms with van der Waals surface area (Å²) in [5.74, 6) is 2.58. The Morgan fingerprint density at radius 1 is 1.40 bits per heavy atom. The highest BCUT2D eigenvalue weighted by atomic mass is 35.5. The molecule has 1 aromatic heterocycles. The molecule has 1 aliphatic rings. The number of hydrogen-bond acceptors (Lipinski definition) is 3. The number of pyridine rings is 1. The van der Waals surface area contributed by atoms with E-state index < -0.39 is 0 Å². The van der Waals surface area contributed by atoms with Gasteiger partial charge in [-0.1, -0.05) is 32.4 Å². The van der Waals surface area contributed by atoms with Crippen molar-refractivity contribution in [1.29, 1.82) is 0 Å². The zero-order chi connectivity index (χ0) is 14.5. The average molecular weight is 296 g/mol. The Balaban J connectivity index is 1.99. The van der Waals surface area contributed by atoms with Crippen molar-refractivity contribution in [3.63, 3.8) is 0 Å². The van der Waals surface area contributed by atoms with Crippen LogP contribution in [0.3, 0.4) is 0 Å². The van der Waals surface area contributed by atoms with Crippen molar-refractivity contribution in [3.05, 3.63) is 22.8 Å². The molecule has 0 aliphatic carbocycles. The minimum Gasteiger partial charge on any atom is -0.355 e. The molecule has 0 amide bonds. The SMILES string of the molecule is CCNCc1cnc(N2CCC(C(C)C)CC2)c(Cl)c1. The van der Waals surface area contributed by atoms with Gasteiger partial charge in [-0.3, -0.25) is 0 Å². The Hall–Kier alpha value is -0.800. The molecule has 0 unspecified atom stereocenters. The summed E-state index contributed by atoms with van der Waals surface area (Å²) in [4.78, 5) is 6.91. The Morgan fingerprint density at radius 3 is 2.65 bits per heavy atom. The zero-order valence-corrected chi connectivity index (χ0v) is 13.6. The molecule has 20 heavy (non-hydrogen) atoms. The molecule has 4 heteroatoms. The quantitative estimate of drug-likeness (QED) is 0.897. The molecular formula is C16H26ClN3. The van der Waals surface area contributed by atoms with Crippen molar-refractivity contribution in [1.82, 2.24) is 10.3 Å². The van der Waals surface area contributed by atoms with Gasteiger partial charge in [0.1, 0.15) is 5.82 Å². The number of rotatable bonds is 5. The monoisotopic (exact) mass is 295 g/mol. The van der Waals surface area contributed by atoms with E-state index in [1.54, 1.807) is 0 Å². The molecule has 112 valence electrons. The van der Waals surface area contributed by atoms with Crippen LogP contribution in [0, 0.1) is 11.8 Å². The maximum Gasteiger partial charge on any atom is 0.147 e. The summed E-state index contributed by atoms with van der Waals surface area (Å²) in [6.07, 6.45) is 4.43. The molecule has 1 aliphatic heterocycles. The third-order valence-electron chi connectivity index (χ3n) is 4.24. The van der Waals surface area contributed by atoms with Crippen LogP contribution in [0.5, 0.6) is 0 Å². The van der Waals surface area contributed by atoms with Gasteiger partial charge >= 0.3 is 0 Å². The molecule has 1 fully saturated rings. The van der Waals surface area contributed by atoms with Crippen molar-refractivity contribution >= 4 is 17.4 Å². The first-order valence-electron chi connectivity index (χ1n) is 7.72. The van der Waals surface area contributed by atoms with Crippen LogP contribution in [-0.2, 0) is 6.54 Å². The summed E-state index contributed by atoms with van der Waals surface area (Å²) in [5, 5.41) is 4.08. The van der Waals surface area contributed by atoms with E-state index >= 15 is 0 Å². The molecule has 0 radical (unpaired) electrons. The van der Waals surface area contributed by atoms with Crippen molar-refractivity contribution < 1.29 is 0 Å². The maximum atomic E-state index is 6.41. The molecule has 0 saturated carbocycles. The fourth-order valence-electron chi connectivity index (χ4n) is 2.85. The van der Waals surface area contributed by atoms with Gasteiger partial charge in [0.2, 0.25) is 0 Å². The minimum absolute atomic E-state index is 0.781. The fourth-order valence-corrected chi connectivity index (χ4v) is 3.16. The average Bonchev–Trinajstić information content (AvgIpc) is 2.45. The third kappa shape index (κ3) is 3.86. The number of aromatic nitrogens is 1. The van der Waals surface area contributed by atoms with Gasteiger partial charge in [0.05, 0.1) is 5.02 Å². The lowest BCUT2D eigenvalue weighted by atomic mass is 9.87. The van der Waals surface area contributed by atoms with Gasteiger partial charge in [0.15, 0.2) is 0 Å². The molecule has 2 heterocycles. The first kappa shape index (κ1) is 15.6. The van der Waals surface area contributed by atoms with E-state index in [4.69, 9.17) is 11.6 Å². The summed E-state index contributed by atoms with van der Waals surface area (Å²) in [7, 11) is 0. The van der Waals surface area contributed by atoms with E-state index in [9.17, 15) is 0 Å². The highest BCUT2D eigenvalue weighted by molar-refractivity contribution is 6.33. The van der Waals surface area contributed by atoms with Crippen LogP contribution < -0.4 is 10.2 Å². The van der Waals surface area contributed by atoms with Crippen molar-refractivity contribution in [2.75, 3.05) is 24.5 Å². The smallest absolute Gasteiger partial charge is 0.147 e. The second-order valence-corrected chi connectivity index (χ2v) is 6.41. The summed E-state index contributed by atoms with van der Waals surface area (Å²) in [6.45, 7) is 10.7. The van der Waals surface area contributed by atoms with Gasteiger partial charge in [0, 0.05) is 25.8 Å². The van der Waals surface area contributed by atoms with Gasteiger partial charge in [-0.15, -0.1) is 0 Å². The van der Waals surface area contributed by atoms with Gasteiger partial charge in [-0.05, 0) is 42.9 Å². The number of nitrogens with zero attached hydrogens (tertiary/aromatic N) is 2. The molecular weight excluding hydrogens is 270 g/mol. The highest BCUT2D eigenvalue weighted by Crippen LogP contribution is 2.30. The predicted octanol–water partition coefficient (Wildman–Crippen LogP) is 3.72. The number of nitrogens with one attached hydrogen (secondary N) is 1. The van der Waals surface area contributed by atoms with E-state index in [1.807, 2.05) is 12.3 Å². The van der Waals surface area contributed by atoms with E-state index in [2.05, 4.69) is 36.0 Å². The predicted molar refractivity (Wildman–Crippen MR) is 86.4 cm³/mol. The lowest BCUT2D eigenvalue weighted by Crippen LogP contribution is -2.35. The van der Waals surface area contributed by atoms with Crippen molar-refractivity contribution in [3.8, 4) is 0 Å². The summed E-state index contributed by atoms with van der Waals surface area (Å²) in [6, 6.07) is 2.04. The number of anilines is 1. The van der Waals surface area contributed by atoms with Crippen molar-refractivity contribution in [2.24, 2.45) is 11.8 Å². The van der Waals surface area contributed by atoms with E-state index in [-0.39, 0.29) is 0 Å². The fraction of sp³-hybridized carbons (Fsp3) is 0.688. The van der Waals surface area contributed by atoms with Crippen molar-refractivity contribution in [2.45, 2.75) is 40.2 Å². The van der Waals surface area contributed by atoms with Crippen LogP contribution in [0.25, 0.3) is 0 Å². The van der Waals surface area contributed by atoms with Crippen LogP contribution >= 0.6 is 11.6 Å². The van der Waals surface area contributed by atoms with Crippen LogP contribution in [0.4, 0.5) is 5.82 Å². The summed E-state index contributed by atoms with van der Waals surface area (Å²) in [5.41, 5.74) is 1.15. The first-order chi connectivity index (χ1) is 9.61. The van der Waals surface area contributed by atoms with Gasteiger partial charge < -0.3 is 10.2 Å². The van der Waals surface area contributed by atoms with E-state index in [1.165, 1.54) is 12.8 Å². The maximum absolute atomic E-state index is 6.41. The van der Waals surface area contributed by atoms with Crippen LogP contribution in [0.15, 0.2) is 12.3 Å². The lowest BCUT2D eigenvalue weighted by Gasteiger charge is -2.35. The molecule has 1 saturated heterocycles. The Morgan fingerprint density at radius 2 is 2.10 bits per heavy atom. The Bertz CT molecular complexity index is 426. The van der Waals surface area contributed by atoms with Gasteiger partial charge in [0.25, 0.3) is 0 Å². The normalized spacial score (nSPS) is 16.9.